The van der Waals surface area contributed by atoms with Crippen LogP contribution in [0.3, 0.4) is 0 Å². The highest BCUT2D eigenvalue weighted by Crippen LogP contribution is 2.21. The van der Waals surface area contributed by atoms with Gasteiger partial charge < -0.3 is 15.1 Å². The Kier molecular flexibility index (Phi) is 6.90. The lowest BCUT2D eigenvalue weighted by Gasteiger charge is -2.43. The number of benzene rings is 1. The molecule has 0 spiro atoms. The Morgan fingerprint density at radius 3 is 2.31 bits per heavy atom. The highest BCUT2D eigenvalue weighted by Gasteiger charge is 2.36. The molecule has 0 aromatic heterocycles. The number of piperidine rings is 1. The highest BCUT2D eigenvalue weighted by molar-refractivity contribution is 5.88. The normalized spacial score (nSPS) is 20.8. The summed E-state index contributed by atoms with van der Waals surface area (Å²) in [5, 5.41) is 2.73. The van der Waals surface area contributed by atoms with Gasteiger partial charge in [-0.3, -0.25) is 19.3 Å². The van der Waals surface area contributed by atoms with Crippen LogP contribution in [-0.4, -0.2) is 77.2 Å². The molecule has 7 heteroatoms. The summed E-state index contributed by atoms with van der Waals surface area (Å²) in [6, 6.07) is 7.59. The molecule has 1 atom stereocenters. The molecular weight excluding hydrogens is 368 g/mol. The molecule has 29 heavy (non-hydrogen) atoms. The number of piperazine rings is 1. The van der Waals surface area contributed by atoms with Crippen molar-refractivity contribution in [2.45, 2.75) is 52.1 Å². The lowest BCUT2D eigenvalue weighted by molar-refractivity contribution is -0.143. The van der Waals surface area contributed by atoms with Gasteiger partial charge in [-0.05, 0) is 44.4 Å². The highest BCUT2D eigenvalue weighted by atomic mass is 16.2. The van der Waals surface area contributed by atoms with Gasteiger partial charge in [-0.2, -0.15) is 0 Å². The molecule has 2 aliphatic heterocycles. The van der Waals surface area contributed by atoms with Gasteiger partial charge in [-0.1, -0.05) is 12.1 Å². The van der Waals surface area contributed by atoms with Crippen LogP contribution < -0.4 is 5.32 Å². The van der Waals surface area contributed by atoms with Gasteiger partial charge >= 0.3 is 0 Å². The van der Waals surface area contributed by atoms with E-state index in [1.54, 1.807) is 0 Å². The second-order valence-corrected chi connectivity index (χ2v) is 8.26. The summed E-state index contributed by atoms with van der Waals surface area (Å²) in [5.74, 6) is 0.237. The largest absolute Gasteiger partial charge is 0.340 e. The van der Waals surface area contributed by atoms with Gasteiger partial charge in [0.25, 0.3) is 0 Å². The maximum Gasteiger partial charge on any atom is 0.240 e. The Morgan fingerprint density at radius 1 is 1.07 bits per heavy atom. The average Bonchev–Trinajstić information content (AvgIpc) is 2.69. The number of nitrogens with zero attached hydrogens (tertiary/aromatic N) is 3. The molecule has 2 heterocycles. The van der Waals surface area contributed by atoms with Crippen molar-refractivity contribution in [2.75, 3.05) is 38.0 Å². The number of hydrogen-bond donors (Lipinski definition) is 1. The molecule has 3 rings (SSSR count). The Morgan fingerprint density at radius 2 is 1.72 bits per heavy atom. The molecule has 2 aliphatic rings. The van der Waals surface area contributed by atoms with E-state index >= 15 is 0 Å². The van der Waals surface area contributed by atoms with Crippen LogP contribution >= 0.6 is 0 Å². The Balaban J connectivity index is 1.50. The van der Waals surface area contributed by atoms with E-state index in [-0.39, 0.29) is 29.8 Å². The van der Waals surface area contributed by atoms with Crippen molar-refractivity contribution < 1.29 is 14.4 Å². The Labute approximate surface area is 173 Å². The molecule has 0 radical (unpaired) electrons. The minimum atomic E-state index is -0.111. The van der Waals surface area contributed by atoms with Crippen molar-refractivity contribution >= 4 is 23.4 Å². The summed E-state index contributed by atoms with van der Waals surface area (Å²) in [5.41, 5.74) is 1.66. The van der Waals surface area contributed by atoms with E-state index in [1.807, 2.05) is 34.1 Å². The number of rotatable bonds is 5. The minimum absolute atomic E-state index is 0.0373. The summed E-state index contributed by atoms with van der Waals surface area (Å²) < 4.78 is 0. The van der Waals surface area contributed by atoms with Crippen LogP contribution in [0.2, 0.25) is 0 Å². The first kappa shape index (κ1) is 21.3. The van der Waals surface area contributed by atoms with Gasteiger partial charge in [0.15, 0.2) is 0 Å². The van der Waals surface area contributed by atoms with E-state index in [9.17, 15) is 14.4 Å². The molecule has 158 valence electrons. The van der Waals surface area contributed by atoms with Crippen molar-refractivity contribution in [1.82, 2.24) is 14.7 Å². The summed E-state index contributed by atoms with van der Waals surface area (Å²) >= 11 is 0. The quantitative estimate of drug-likeness (QED) is 0.817. The lowest BCUT2D eigenvalue weighted by atomic mass is 10.0. The summed E-state index contributed by atoms with van der Waals surface area (Å²) in [6.45, 7) is 9.28. The molecule has 0 bridgehead atoms. The van der Waals surface area contributed by atoms with Gasteiger partial charge in [-0.15, -0.1) is 0 Å². The van der Waals surface area contributed by atoms with Crippen molar-refractivity contribution in [2.24, 2.45) is 0 Å². The van der Waals surface area contributed by atoms with Gasteiger partial charge in [0.05, 0.1) is 12.5 Å². The number of carbonyl (C=O) groups is 3. The molecule has 1 aromatic carbocycles. The third kappa shape index (κ3) is 5.35. The van der Waals surface area contributed by atoms with Crippen molar-refractivity contribution in [1.29, 1.82) is 0 Å². The van der Waals surface area contributed by atoms with E-state index < -0.39 is 0 Å². The average molecular weight is 401 g/mol. The van der Waals surface area contributed by atoms with Gasteiger partial charge in [0.2, 0.25) is 17.7 Å². The number of nitrogens with one attached hydrogen (secondary N) is 1. The Bertz CT molecular complexity index is 739. The number of likely N-dealkylation sites (tertiary alicyclic amines) is 1. The molecule has 0 aliphatic carbocycles. The van der Waals surface area contributed by atoms with Crippen molar-refractivity contribution in [3.63, 3.8) is 0 Å². The first-order valence-corrected chi connectivity index (χ1v) is 10.5. The van der Waals surface area contributed by atoms with Gasteiger partial charge in [0.1, 0.15) is 0 Å². The molecule has 1 aromatic rings. The fourth-order valence-electron chi connectivity index (χ4n) is 4.21. The van der Waals surface area contributed by atoms with Crippen molar-refractivity contribution in [3.05, 3.63) is 29.8 Å². The van der Waals surface area contributed by atoms with E-state index in [0.29, 0.717) is 19.5 Å². The van der Waals surface area contributed by atoms with Crippen LogP contribution in [0.4, 0.5) is 5.69 Å². The molecule has 2 fully saturated rings. The number of anilines is 1. The lowest BCUT2D eigenvalue weighted by Crippen LogP contribution is -2.59. The first-order valence-electron chi connectivity index (χ1n) is 10.5. The summed E-state index contributed by atoms with van der Waals surface area (Å²) in [6.07, 6.45) is 2.31. The third-order valence-electron chi connectivity index (χ3n) is 5.81. The predicted octanol–water partition coefficient (Wildman–Crippen LogP) is 1.73. The number of carbonyl (C=O) groups excluding carboxylic acids is 3. The van der Waals surface area contributed by atoms with Crippen LogP contribution in [-0.2, 0) is 20.8 Å². The zero-order chi connectivity index (χ0) is 21.0. The van der Waals surface area contributed by atoms with Crippen LogP contribution in [0.25, 0.3) is 0 Å². The fourth-order valence-corrected chi connectivity index (χ4v) is 4.21. The molecule has 0 saturated carbocycles. The number of amides is 3. The van der Waals surface area contributed by atoms with E-state index in [0.717, 1.165) is 43.7 Å². The monoisotopic (exact) mass is 400 g/mol. The van der Waals surface area contributed by atoms with Crippen LogP contribution in [0.15, 0.2) is 24.3 Å². The molecule has 7 nitrogen and oxygen atoms in total. The molecule has 1 N–H and O–H groups in total. The van der Waals surface area contributed by atoms with E-state index in [2.05, 4.69) is 24.1 Å². The molecule has 1 unspecified atom stereocenters. The molecular formula is C22H32N4O3. The Hall–Kier alpha value is -2.41. The standard InChI is InChI=1S/C22H32N4O3/c1-16(2)26-10-4-5-20(22(26)29)24-11-13-25(14-12-24)21(28)15-18-6-8-19(9-7-18)23-17(3)27/h6-9,16,20H,4-5,10-15H2,1-3H3,(H,23,27). The maximum absolute atomic E-state index is 12.8. The fraction of sp³-hybridized carbons (Fsp3) is 0.591. The van der Waals surface area contributed by atoms with Crippen LogP contribution in [0, 0.1) is 0 Å². The second kappa shape index (κ2) is 9.39. The van der Waals surface area contributed by atoms with Crippen LogP contribution in [0.5, 0.6) is 0 Å². The SMILES string of the molecule is CC(=O)Nc1ccc(CC(=O)N2CCN(C3CCCN(C(C)C)C3=O)CC2)cc1. The first-order chi connectivity index (χ1) is 13.8. The van der Waals surface area contributed by atoms with Crippen molar-refractivity contribution in [3.8, 4) is 0 Å². The molecule has 3 amide bonds. The smallest absolute Gasteiger partial charge is 0.240 e. The summed E-state index contributed by atoms with van der Waals surface area (Å²) in [7, 11) is 0. The molecule has 2 saturated heterocycles. The predicted molar refractivity (Wildman–Crippen MR) is 112 cm³/mol. The second-order valence-electron chi connectivity index (χ2n) is 8.26. The van der Waals surface area contributed by atoms with Gasteiger partial charge in [0, 0.05) is 51.4 Å². The number of hydrogen-bond acceptors (Lipinski definition) is 4. The topological polar surface area (TPSA) is 73.0 Å². The summed E-state index contributed by atoms with van der Waals surface area (Å²) in [4.78, 5) is 42.7. The zero-order valence-corrected chi connectivity index (χ0v) is 17.7. The minimum Gasteiger partial charge on any atom is -0.340 e. The third-order valence-corrected chi connectivity index (χ3v) is 5.81. The van der Waals surface area contributed by atoms with E-state index in [4.69, 9.17) is 0 Å². The van der Waals surface area contributed by atoms with E-state index in [1.165, 1.54) is 6.92 Å². The maximum atomic E-state index is 12.8. The van der Waals surface area contributed by atoms with Crippen LogP contribution in [0.1, 0.15) is 39.2 Å². The zero-order valence-electron chi connectivity index (χ0n) is 17.7. The van der Waals surface area contributed by atoms with Gasteiger partial charge in [-0.25, -0.2) is 0 Å².